The third-order valence-corrected chi connectivity index (χ3v) is 3.15. The first-order valence-electron chi connectivity index (χ1n) is 5.95. The van der Waals surface area contributed by atoms with Crippen molar-refractivity contribution in [3.8, 4) is 11.5 Å². The Kier molecular flexibility index (Phi) is 2.67. The molecule has 5 nitrogen and oxygen atoms in total. The molecule has 1 aliphatic rings. The van der Waals surface area contributed by atoms with E-state index in [0.717, 1.165) is 0 Å². The van der Waals surface area contributed by atoms with Gasteiger partial charge in [-0.25, -0.2) is 0 Å². The molecule has 102 valence electrons. The number of fused-ring (bicyclic) bond motifs is 1. The van der Waals surface area contributed by atoms with Crippen LogP contribution in [0.25, 0.3) is 5.76 Å². The van der Waals surface area contributed by atoms with E-state index in [1.807, 2.05) is 0 Å². The highest BCUT2D eigenvalue weighted by atomic mass is 16.5. The van der Waals surface area contributed by atoms with E-state index in [2.05, 4.69) is 0 Å². The van der Waals surface area contributed by atoms with Gasteiger partial charge in [-0.15, -0.1) is 0 Å². The summed E-state index contributed by atoms with van der Waals surface area (Å²) in [6.45, 7) is 0. The number of para-hydroxylation sites is 1. The summed E-state index contributed by atoms with van der Waals surface area (Å²) in [6, 6.07) is 12.2. The van der Waals surface area contributed by atoms with Gasteiger partial charge in [-0.3, -0.25) is 0 Å². The van der Waals surface area contributed by atoms with E-state index in [9.17, 15) is 20.4 Å². The van der Waals surface area contributed by atoms with Gasteiger partial charge in [0.15, 0.2) is 5.76 Å². The van der Waals surface area contributed by atoms with Crippen molar-refractivity contribution in [3.05, 3.63) is 65.4 Å². The maximum atomic E-state index is 10.1. The number of hydrogen-bond donors (Lipinski definition) is 4. The zero-order valence-electron chi connectivity index (χ0n) is 10.3. The molecule has 1 heterocycles. The fourth-order valence-electron chi connectivity index (χ4n) is 2.10. The van der Waals surface area contributed by atoms with Crippen LogP contribution >= 0.6 is 0 Å². The predicted octanol–water partition coefficient (Wildman–Crippen LogP) is 1.85. The lowest BCUT2D eigenvalue weighted by molar-refractivity contribution is -0.163. The number of ether oxygens (including phenoxy) is 1. The molecule has 2 aromatic rings. The van der Waals surface area contributed by atoms with E-state index in [1.54, 1.807) is 18.2 Å². The van der Waals surface area contributed by atoms with Crippen LogP contribution in [-0.4, -0.2) is 20.4 Å². The molecule has 0 fully saturated rings. The molecule has 4 N–H and O–H groups in total. The molecule has 0 amide bonds. The molecular formula is C15H12O5. The predicted molar refractivity (Wildman–Crippen MR) is 70.8 cm³/mol. The Morgan fingerprint density at radius 2 is 1.50 bits per heavy atom. The second-order valence-electron chi connectivity index (χ2n) is 4.50. The zero-order chi connectivity index (χ0) is 14.3. The van der Waals surface area contributed by atoms with Crippen LogP contribution < -0.4 is 4.74 Å². The number of phenols is 1. The van der Waals surface area contributed by atoms with E-state index in [0.29, 0.717) is 5.56 Å². The summed E-state index contributed by atoms with van der Waals surface area (Å²) >= 11 is 0. The first-order chi connectivity index (χ1) is 9.50. The summed E-state index contributed by atoms with van der Waals surface area (Å²) in [7, 11) is 0. The minimum Gasteiger partial charge on any atom is -0.508 e. The Labute approximate surface area is 114 Å². The van der Waals surface area contributed by atoms with Crippen molar-refractivity contribution in [2.75, 3.05) is 0 Å². The van der Waals surface area contributed by atoms with Gasteiger partial charge in [-0.2, -0.15) is 0 Å². The van der Waals surface area contributed by atoms with Crippen LogP contribution in [0.2, 0.25) is 0 Å². The minimum atomic E-state index is -2.51. The van der Waals surface area contributed by atoms with E-state index in [4.69, 9.17) is 4.74 Å². The molecule has 2 aromatic carbocycles. The number of aliphatic hydroxyl groups excluding tert-OH is 1. The van der Waals surface area contributed by atoms with Crippen LogP contribution in [-0.2, 0) is 5.79 Å². The van der Waals surface area contributed by atoms with Gasteiger partial charge in [0, 0.05) is 5.56 Å². The summed E-state index contributed by atoms with van der Waals surface area (Å²) in [4.78, 5) is 0. The van der Waals surface area contributed by atoms with Crippen molar-refractivity contribution in [3.63, 3.8) is 0 Å². The van der Waals surface area contributed by atoms with Crippen molar-refractivity contribution < 1.29 is 25.2 Å². The van der Waals surface area contributed by atoms with Crippen molar-refractivity contribution in [1.29, 1.82) is 0 Å². The standard InChI is InChI=1S/C15H12O5/c16-10-7-5-9(6-8-10)13-14(17)15(18,19)11-3-1-2-4-12(11)20-13/h1-8,16-19H. The molecule has 20 heavy (non-hydrogen) atoms. The van der Waals surface area contributed by atoms with Gasteiger partial charge in [-0.05, 0) is 36.4 Å². The Hall–Kier alpha value is -2.50. The Balaban J connectivity index is 2.15. The molecule has 0 aliphatic carbocycles. The highest BCUT2D eigenvalue weighted by molar-refractivity contribution is 5.69. The highest BCUT2D eigenvalue weighted by Gasteiger charge is 2.41. The van der Waals surface area contributed by atoms with Crippen molar-refractivity contribution in [2.45, 2.75) is 5.79 Å². The topological polar surface area (TPSA) is 90.2 Å². The number of phenolic OH excluding ortho intramolecular Hbond substituents is 1. The van der Waals surface area contributed by atoms with E-state index in [-0.39, 0.29) is 22.8 Å². The second-order valence-corrected chi connectivity index (χ2v) is 4.50. The fraction of sp³-hybridized carbons (Fsp3) is 0.0667. The first-order valence-corrected chi connectivity index (χ1v) is 5.95. The molecule has 0 radical (unpaired) electrons. The fourth-order valence-corrected chi connectivity index (χ4v) is 2.10. The first kappa shape index (κ1) is 12.5. The normalized spacial score (nSPS) is 16.5. The molecule has 1 aliphatic heterocycles. The monoisotopic (exact) mass is 272 g/mol. The van der Waals surface area contributed by atoms with Gasteiger partial charge in [0.1, 0.15) is 11.5 Å². The summed E-state index contributed by atoms with van der Waals surface area (Å²) in [6.07, 6.45) is 0. The van der Waals surface area contributed by atoms with Crippen molar-refractivity contribution in [1.82, 2.24) is 0 Å². The lowest BCUT2D eigenvalue weighted by atomic mass is 9.97. The summed E-state index contributed by atoms with van der Waals surface area (Å²) in [5.41, 5.74) is 0.488. The maximum absolute atomic E-state index is 10.1. The Bertz CT molecular complexity index is 686. The summed E-state index contributed by atoms with van der Waals surface area (Å²) in [5, 5.41) is 39.5. The molecule has 3 rings (SSSR count). The smallest absolute Gasteiger partial charge is 0.257 e. The van der Waals surface area contributed by atoms with Crippen molar-refractivity contribution >= 4 is 5.76 Å². The third kappa shape index (κ3) is 1.80. The number of benzene rings is 2. The molecule has 0 unspecified atom stereocenters. The second kappa shape index (κ2) is 4.26. The van der Waals surface area contributed by atoms with Crippen LogP contribution in [0, 0.1) is 0 Å². The van der Waals surface area contributed by atoms with Gasteiger partial charge in [-0.1, -0.05) is 12.1 Å². The van der Waals surface area contributed by atoms with Crippen molar-refractivity contribution in [2.24, 2.45) is 0 Å². The number of rotatable bonds is 1. The highest BCUT2D eigenvalue weighted by Crippen LogP contribution is 2.42. The quantitative estimate of drug-likeness (QED) is 0.595. The molecule has 0 saturated carbocycles. The van der Waals surface area contributed by atoms with Crippen LogP contribution in [0.5, 0.6) is 11.5 Å². The summed E-state index contributed by atoms with van der Waals surface area (Å²) in [5.74, 6) is -2.96. The van der Waals surface area contributed by atoms with Gasteiger partial charge in [0.2, 0.25) is 5.76 Å². The van der Waals surface area contributed by atoms with Gasteiger partial charge in [0.05, 0.1) is 5.56 Å². The van der Waals surface area contributed by atoms with Crippen LogP contribution in [0.15, 0.2) is 54.3 Å². The van der Waals surface area contributed by atoms with Gasteiger partial charge in [0.25, 0.3) is 5.79 Å². The molecule has 0 atom stereocenters. The number of aliphatic hydroxyl groups is 3. The zero-order valence-corrected chi connectivity index (χ0v) is 10.3. The average Bonchev–Trinajstić information content (AvgIpc) is 2.44. The Morgan fingerprint density at radius 1 is 0.850 bits per heavy atom. The average molecular weight is 272 g/mol. The van der Waals surface area contributed by atoms with E-state index in [1.165, 1.54) is 30.3 Å². The third-order valence-electron chi connectivity index (χ3n) is 3.15. The maximum Gasteiger partial charge on any atom is 0.257 e. The van der Waals surface area contributed by atoms with Crippen LogP contribution in [0.3, 0.4) is 0 Å². The van der Waals surface area contributed by atoms with Crippen LogP contribution in [0.4, 0.5) is 0 Å². The SMILES string of the molecule is OC1=C(c2ccc(O)cc2)Oc2ccccc2C1(O)O. The largest absolute Gasteiger partial charge is 0.508 e. The van der Waals surface area contributed by atoms with E-state index < -0.39 is 11.5 Å². The number of aromatic hydroxyl groups is 1. The minimum absolute atomic E-state index is 0.0595. The van der Waals surface area contributed by atoms with Crippen LogP contribution in [0.1, 0.15) is 11.1 Å². The van der Waals surface area contributed by atoms with Gasteiger partial charge >= 0.3 is 0 Å². The molecule has 0 saturated heterocycles. The number of hydrogen-bond acceptors (Lipinski definition) is 5. The molecule has 0 aromatic heterocycles. The molecular weight excluding hydrogens is 260 g/mol. The molecule has 0 bridgehead atoms. The Morgan fingerprint density at radius 3 is 2.20 bits per heavy atom. The molecule has 0 spiro atoms. The van der Waals surface area contributed by atoms with E-state index >= 15 is 0 Å². The molecule has 5 heteroatoms. The lowest BCUT2D eigenvalue weighted by Gasteiger charge is -2.30. The van der Waals surface area contributed by atoms with Gasteiger partial charge < -0.3 is 25.2 Å². The lowest BCUT2D eigenvalue weighted by Crippen LogP contribution is -2.33. The summed E-state index contributed by atoms with van der Waals surface area (Å²) < 4.78 is 5.53.